The molecule has 20 heavy (non-hydrogen) atoms. The molecule has 2 N–H and O–H groups in total. The van der Waals surface area contributed by atoms with Crippen molar-refractivity contribution in [3.63, 3.8) is 0 Å². The Morgan fingerprint density at radius 2 is 2.20 bits per heavy atom. The van der Waals surface area contributed by atoms with Crippen LogP contribution in [0.2, 0.25) is 0 Å². The Morgan fingerprint density at radius 3 is 2.75 bits per heavy atom. The van der Waals surface area contributed by atoms with Crippen LogP contribution in [0, 0.1) is 16.0 Å². The molecule has 1 unspecified atom stereocenters. The number of rotatable bonds is 9. The highest BCUT2D eigenvalue weighted by Crippen LogP contribution is 2.30. The third kappa shape index (κ3) is 4.70. The summed E-state index contributed by atoms with van der Waals surface area (Å²) in [6.45, 7) is 5.14. The number of nitro groups is 1. The van der Waals surface area contributed by atoms with E-state index >= 15 is 0 Å². The number of nitrogens with one attached hydrogen (secondary N) is 1. The number of nitro benzene ring substituents is 1. The van der Waals surface area contributed by atoms with Crippen LogP contribution in [-0.2, 0) is 0 Å². The molecule has 1 aromatic rings. The number of aliphatic hydroxyl groups is 1. The van der Waals surface area contributed by atoms with Crippen molar-refractivity contribution in [2.24, 2.45) is 5.92 Å². The van der Waals surface area contributed by atoms with Crippen LogP contribution in [0.5, 0.6) is 5.75 Å². The number of benzene rings is 1. The number of anilines is 1. The molecule has 112 valence electrons. The van der Waals surface area contributed by atoms with E-state index in [1.807, 2.05) is 0 Å². The zero-order valence-electron chi connectivity index (χ0n) is 12.0. The molecule has 0 heterocycles. The third-order valence-electron chi connectivity index (χ3n) is 3.17. The van der Waals surface area contributed by atoms with E-state index in [0.29, 0.717) is 12.5 Å². The zero-order chi connectivity index (χ0) is 15.0. The van der Waals surface area contributed by atoms with Crippen molar-refractivity contribution >= 4 is 11.4 Å². The van der Waals surface area contributed by atoms with Gasteiger partial charge >= 0.3 is 5.69 Å². The Balaban J connectivity index is 2.76. The van der Waals surface area contributed by atoms with E-state index in [2.05, 4.69) is 12.2 Å². The fourth-order valence-electron chi connectivity index (χ4n) is 1.94. The minimum Gasteiger partial charge on any atom is -0.487 e. The highest BCUT2D eigenvalue weighted by atomic mass is 16.6. The van der Waals surface area contributed by atoms with Crippen molar-refractivity contribution in [2.75, 3.05) is 25.1 Å². The van der Waals surface area contributed by atoms with Crippen molar-refractivity contribution in [2.45, 2.75) is 26.7 Å². The van der Waals surface area contributed by atoms with Crippen molar-refractivity contribution < 1.29 is 14.8 Å². The molecule has 0 bridgehead atoms. The molecule has 0 spiro atoms. The Hall–Kier alpha value is -1.82. The van der Waals surface area contributed by atoms with Gasteiger partial charge in [-0.2, -0.15) is 0 Å². The van der Waals surface area contributed by atoms with Gasteiger partial charge in [0.1, 0.15) is 0 Å². The predicted octanol–water partition coefficient (Wildman–Crippen LogP) is 2.81. The zero-order valence-corrected chi connectivity index (χ0v) is 12.0. The lowest BCUT2D eigenvalue weighted by molar-refractivity contribution is -0.385. The lowest BCUT2D eigenvalue weighted by Gasteiger charge is -2.15. The summed E-state index contributed by atoms with van der Waals surface area (Å²) < 4.78 is 5.30. The summed E-state index contributed by atoms with van der Waals surface area (Å²) in [6, 6.07) is 4.76. The monoisotopic (exact) mass is 282 g/mol. The van der Waals surface area contributed by atoms with Gasteiger partial charge in [-0.3, -0.25) is 10.1 Å². The standard InChI is InChI=1S/C14H22N2O4/c1-3-11(7-8-17)10-15-12-5-6-13(16(18)19)14(9-12)20-4-2/h5-6,9,11,15,17H,3-4,7-8,10H2,1-2H3. The van der Waals surface area contributed by atoms with E-state index in [1.165, 1.54) is 6.07 Å². The summed E-state index contributed by atoms with van der Waals surface area (Å²) in [4.78, 5) is 10.4. The molecule has 1 atom stereocenters. The van der Waals surface area contributed by atoms with Crippen LogP contribution < -0.4 is 10.1 Å². The third-order valence-corrected chi connectivity index (χ3v) is 3.17. The predicted molar refractivity (Wildman–Crippen MR) is 78.2 cm³/mol. The maximum absolute atomic E-state index is 10.9. The maximum atomic E-state index is 10.9. The van der Waals surface area contributed by atoms with E-state index in [1.54, 1.807) is 19.1 Å². The number of hydrogen-bond donors (Lipinski definition) is 2. The van der Waals surface area contributed by atoms with E-state index in [4.69, 9.17) is 9.84 Å². The highest BCUT2D eigenvalue weighted by Gasteiger charge is 2.15. The van der Waals surface area contributed by atoms with Gasteiger partial charge in [0, 0.05) is 31.0 Å². The molecule has 0 aliphatic rings. The SMILES string of the molecule is CCOc1cc(NCC(CC)CCO)ccc1[N+](=O)[O-]. The smallest absolute Gasteiger partial charge is 0.311 e. The van der Waals surface area contributed by atoms with Crippen LogP contribution in [0.1, 0.15) is 26.7 Å². The lowest BCUT2D eigenvalue weighted by Crippen LogP contribution is -2.15. The molecule has 0 aliphatic heterocycles. The lowest BCUT2D eigenvalue weighted by atomic mass is 10.0. The first-order valence-electron chi connectivity index (χ1n) is 6.88. The summed E-state index contributed by atoms with van der Waals surface area (Å²) in [5.74, 6) is 0.656. The molecule has 6 nitrogen and oxygen atoms in total. The number of nitrogens with zero attached hydrogens (tertiary/aromatic N) is 1. The first-order valence-corrected chi connectivity index (χ1v) is 6.88. The largest absolute Gasteiger partial charge is 0.487 e. The van der Waals surface area contributed by atoms with Crippen LogP contribution in [0.4, 0.5) is 11.4 Å². The van der Waals surface area contributed by atoms with Gasteiger partial charge in [-0.15, -0.1) is 0 Å². The quantitative estimate of drug-likeness (QED) is 0.537. The van der Waals surface area contributed by atoms with Crippen molar-refractivity contribution in [1.82, 2.24) is 0 Å². The van der Waals surface area contributed by atoms with Gasteiger partial charge in [0.2, 0.25) is 0 Å². The van der Waals surface area contributed by atoms with E-state index < -0.39 is 4.92 Å². The summed E-state index contributed by atoms with van der Waals surface area (Å²) in [5.41, 5.74) is 0.759. The maximum Gasteiger partial charge on any atom is 0.311 e. The van der Waals surface area contributed by atoms with Crippen molar-refractivity contribution in [3.05, 3.63) is 28.3 Å². The summed E-state index contributed by atoms with van der Waals surface area (Å²) in [5, 5.41) is 23.1. The van der Waals surface area contributed by atoms with E-state index in [9.17, 15) is 10.1 Å². The second-order valence-corrected chi connectivity index (χ2v) is 4.54. The van der Waals surface area contributed by atoms with Gasteiger partial charge in [0.15, 0.2) is 5.75 Å². The van der Waals surface area contributed by atoms with E-state index in [0.717, 1.165) is 25.1 Å². The van der Waals surface area contributed by atoms with Crippen molar-refractivity contribution in [3.8, 4) is 5.75 Å². The Labute approximate surface area is 118 Å². The summed E-state index contributed by atoms with van der Waals surface area (Å²) in [6.07, 6.45) is 1.72. The van der Waals surface area contributed by atoms with Gasteiger partial charge in [-0.25, -0.2) is 0 Å². The molecule has 0 radical (unpaired) electrons. The molecule has 0 amide bonds. The van der Waals surface area contributed by atoms with Gasteiger partial charge in [-0.1, -0.05) is 13.3 Å². The number of aliphatic hydroxyl groups excluding tert-OH is 1. The molecule has 0 aromatic heterocycles. The first-order chi connectivity index (χ1) is 9.62. The van der Waals surface area contributed by atoms with Crippen LogP contribution in [0.25, 0.3) is 0 Å². The Kier molecular flexibility index (Phi) is 6.79. The molecule has 1 rings (SSSR count). The number of ether oxygens (including phenoxy) is 1. The molecular formula is C14H22N2O4. The molecule has 0 saturated heterocycles. The van der Waals surface area contributed by atoms with Gasteiger partial charge in [0.25, 0.3) is 0 Å². The van der Waals surface area contributed by atoms with E-state index in [-0.39, 0.29) is 18.0 Å². The Morgan fingerprint density at radius 1 is 1.45 bits per heavy atom. The topological polar surface area (TPSA) is 84.6 Å². The van der Waals surface area contributed by atoms with Crippen LogP contribution in [0.15, 0.2) is 18.2 Å². The average Bonchev–Trinajstić information content (AvgIpc) is 2.43. The van der Waals surface area contributed by atoms with Crippen LogP contribution >= 0.6 is 0 Å². The van der Waals surface area contributed by atoms with Gasteiger partial charge < -0.3 is 15.2 Å². The summed E-state index contributed by atoms with van der Waals surface area (Å²) >= 11 is 0. The minimum atomic E-state index is -0.449. The van der Waals surface area contributed by atoms with Gasteiger partial charge in [0.05, 0.1) is 11.5 Å². The second-order valence-electron chi connectivity index (χ2n) is 4.54. The number of hydrogen-bond acceptors (Lipinski definition) is 5. The second kappa shape index (κ2) is 8.37. The summed E-state index contributed by atoms with van der Waals surface area (Å²) in [7, 11) is 0. The molecule has 6 heteroatoms. The van der Waals surface area contributed by atoms with Gasteiger partial charge in [-0.05, 0) is 25.3 Å². The molecule has 0 fully saturated rings. The average molecular weight is 282 g/mol. The van der Waals surface area contributed by atoms with Crippen LogP contribution in [0.3, 0.4) is 0 Å². The molecule has 0 aliphatic carbocycles. The first kappa shape index (κ1) is 16.2. The minimum absolute atomic E-state index is 0.0280. The fraction of sp³-hybridized carbons (Fsp3) is 0.571. The highest BCUT2D eigenvalue weighted by molar-refractivity contribution is 5.58. The molecule has 1 aromatic carbocycles. The van der Waals surface area contributed by atoms with Crippen LogP contribution in [-0.4, -0.2) is 29.8 Å². The molecular weight excluding hydrogens is 260 g/mol. The van der Waals surface area contributed by atoms with Crippen molar-refractivity contribution in [1.29, 1.82) is 0 Å². The normalized spacial score (nSPS) is 11.9. The Bertz CT molecular complexity index is 437. The molecule has 0 saturated carbocycles. The fourth-order valence-corrected chi connectivity index (χ4v) is 1.94.